The third kappa shape index (κ3) is 4.46. The molecule has 0 aromatic carbocycles. The van der Waals surface area contributed by atoms with Crippen molar-refractivity contribution >= 4 is 5.91 Å². The van der Waals surface area contributed by atoms with Gasteiger partial charge in [-0.15, -0.1) is 0 Å². The highest BCUT2D eigenvalue weighted by molar-refractivity contribution is 5.77. The maximum Gasteiger partial charge on any atom is 0.243 e. The number of nitrogens with zero attached hydrogens (tertiary/aromatic N) is 5. The fourth-order valence-corrected chi connectivity index (χ4v) is 2.98. The van der Waals surface area contributed by atoms with Gasteiger partial charge in [0, 0.05) is 33.2 Å². The summed E-state index contributed by atoms with van der Waals surface area (Å²) < 4.78 is 10.6. The van der Waals surface area contributed by atoms with Gasteiger partial charge in [-0.3, -0.25) is 14.6 Å². The first-order valence-corrected chi connectivity index (χ1v) is 8.56. The zero-order valence-electron chi connectivity index (χ0n) is 15.0. The highest BCUT2D eigenvalue weighted by atomic mass is 16.5. The van der Waals surface area contributed by atoms with Crippen LogP contribution in [0.5, 0.6) is 0 Å². The zero-order valence-corrected chi connectivity index (χ0v) is 15.0. The Hall–Kier alpha value is -2.19. The van der Waals surface area contributed by atoms with Crippen molar-refractivity contribution in [2.75, 3.05) is 39.8 Å². The van der Waals surface area contributed by atoms with E-state index in [1.807, 2.05) is 19.1 Å². The second-order valence-corrected chi connectivity index (χ2v) is 6.50. The molecule has 0 N–H and O–H groups in total. The molecule has 0 unspecified atom stereocenters. The first-order chi connectivity index (χ1) is 12.0. The van der Waals surface area contributed by atoms with E-state index >= 15 is 0 Å². The van der Waals surface area contributed by atoms with Crippen molar-refractivity contribution in [1.29, 1.82) is 0 Å². The number of aryl methyl sites for hydroxylation is 1. The Morgan fingerprint density at radius 3 is 2.72 bits per heavy atom. The van der Waals surface area contributed by atoms with E-state index in [4.69, 9.17) is 8.94 Å². The molecule has 0 aliphatic carbocycles. The molecular weight excluding hydrogens is 322 g/mol. The number of carbonyl (C=O) groups is 1. The third-order valence-corrected chi connectivity index (χ3v) is 4.61. The van der Waals surface area contributed by atoms with Crippen molar-refractivity contribution in [3.05, 3.63) is 35.9 Å². The number of furan rings is 1. The van der Waals surface area contributed by atoms with E-state index in [-0.39, 0.29) is 11.9 Å². The van der Waals surface area contributed by atoms with Crippen LogP contribution in [0.15, 0.2) is 27.3 Å². The monoisotopic (exact) mass is 347 g/mol. The molecule has 8 heteroatoms. The molecule has 3 rings (SSSR count). The van der Waals surface area contributed by atoms with Gasteiger partial charge in [-0.2, -0.15) is 4.98 Å². The van der Waals surface area contributed by atoms with Crippen LogP contribution in [0.2, 0.25) is 0 Å². The Bertz CT molecular complexity index is 676. The number of likely N-dealkylation sites (N-methyl/N-ethyl adjacent to an activating group) is 1. The number of piperazine rings is 1. The summed E-state index contributed by atoms with van der Waals surface area (Å²) in [6.07, 6.45) is 1.62. The van der Waals surface area contributed by atoms with Gasteiger partial charge in [0.15, 0.2) is 5.82 Å². The van der Waals surface area contributed by atoms with Crippen LogP contribution in [-0.4, -0.2) is 70.5 Å². The topological polar surface area (TPSA) is 78.9 Å². The molecule has 2 aromatic heterocycles. The van der Waals surface area contributed by atoms with Gasteiger partial charge in [-0.05, 0) is 26.0 Å². The van der Waals surface area contributed by atoms with Gasteiger partial charge >= 0.3 is 0 Å². The minimum absolute atomic E-state index is 0.0978. The first kappa shape index (κ1) is 17.6. The third-order valence-electron chi connectivity index (χ3n) is 4.61. The second-order valence-electron chi connectivity index (χ2n) is 6.50. The summed E-state index contributed by atoms with van der Waals surface area (Å²) >= 11 is 0. The van der Waals surface area contributed by atoms with E-state index < -0.39 is 0 Å². The van der Waals surface area contributed by atoms with Gasteiger partial charge in [0.2, 0.25) is 11.8 Å². The lowest BCUT2D eigenvalue weighted by Crippen LogP contribution is -2.50. The van der Waals surface area contributed by atoms with Crippen LogP contribution in [0.1, 0.15) is 30.4 Å². The van der Waals surface area contributed by atoms with Gasteiger partial charge < -0.3 is 13.8 Å². The van der Waals surface area contributed by atoms with Gasteiger partial charge in [-0.1, -0.05) is 5.16 Å². The molecule has 1 aliphatic rings. The quantitative estimate of drug-likeness (QED) is 0.779. The van der Waals surface area contributed by atoms with Crippen molar-refractivity contribution < 1.29 is 13.7 Å². The fraction of sp³-hybridized carbons (Fsp3) is 0.588. The van der Waals surface area contributed by atoms with Gasteiger partial charge in [0.05, 0.1) is 25.4 Å². The largest absolute Gasteiger partial charge is 0.467 e. The Balaban J connectivity index is 1.45. The summed E-state index contributed by atoms with van der Waals surface area (Å²) in [5, 5.41) is 3.86. The lowest BCUT2D eigenvalue weighted by Gasteiger charge is -2.36. The van der Waals surface area contributed by atoms with E-state index in [0.29, 0.717) is 24.8 Å². The Morgan fingerprint density at radius 1 is 1.36 bits per heavy atom. The summed E-state index contributed by atoms with van der Waals surface area (Å²) in [5.41, 5.74) is 0. The predicted octanol–water partition coefficient (Wildman–Crippen LogP) is 1.31. The summed E-state index contributed by atoms with van der Waals surface area (Å²) in [4.78, 5) is 22.9. The number of amides is 1. The molecule has 25 heavy (non-hydrogen) atoms. The number of rotatable bonds is 6. The molecule has 2 aromatic rings. The van der Waals surface area contributed by atoms with E-state index in [0.717, 1.165) is 31.9 Å². The molecule has 1 amide bonds. The van der Waals surface area contributed by atoms with Crippen molar-refractivity contribution in [2.24, 2.45) is 0 Å². The highest BCUT2D eigenvalue weighted by Gasteiger charge is 2.26. The van der Waals surface area contributed by atoms with E-state index in [1.54, 1.807) is 18.2 Å². The standard InChI is InChI=1S/C17H25N5O3/c1-13(17-18-14(2)19-25-17)22-8-6-21(7-9-22)12-16(23)20(3)11-15-5-4-10-24-15/h4-5,10,13H,6-9,11-12H2,1-3H3/t13-/m1/s1. The maximum atomic E-state index is 12.4. The molecule has 1 saturated heterocycles. The van der Waals surface area contributed by atoms with Crippen LogP contribution < -0.4 is 0 Å². The summed E-state index contributed by atoms with van der Waals surface area (Å²) in [5.74, 6) is 2.21. The van der Waals surface area contributed by atoms with Crippen molar-refractivity contribution in [3.63, 3.8) is 0 Å². The molecule has 1 fully saturated rings. The predicted molar refractivity (Wildman–Crippen MR) is 90.6 cm³/mol. The van der Waals surface area contributed by atoms with Crippen LogP contribution >= 0.6 is 0 Å². The van der Waals surface area contributed by atoms with Gasteiger partial charge in [0.25, 0.3) is 0 Å². The maximum absolute atomic E-state index is 12.4. The van der Waals surface area contributed by atoms with Crippen molar-refractivity contribution in [1.82, 2.24) is 24.8 Å². The number of aromatic nitrogens is 2. The zero-order chi connectivity index (χ0) is 17.8. The Labute approximate surface area is 147 Å². The molecule has 8 nitrogen and oxygen atoms in total. The SMILES string of the molecule is Cc1noc([C@@H](C)N2CCN(CC(=O)N(C)Cc3ccco3)CC2)n1. The van der Waals surface area contributed by atoms with Crippen LogP contribution in [0.25, 0.3) is 0 Å². The second kappa shape index (κ2) is 7.79. The number of carbonyl (C=O) groups excluding carboxylic acids is 1. The van der Waals surface area contributed by atoms with Crippen molar-refractivity contribution in [3.8, 4) is 0 Å². The fourth-order valence-electron chi connectivity index (χ4n) is 2.98. The summed E-state index contributed by atoms with van der Waals surface area (Å²) in [6.45, 7) is 8.26. The van der Waals surface area contributed by atoms with E-state index in [1.165, 1.54) is 0 Å². The summed E-state index contributed by atoms with van der Waals surface area (Å²) in [7, 11) is 1.81. The number of hydrogen-bond donors (Lipinski definition) is 0. The van der Waals surface area contributed by atoms with E-state index in [9.17, 15) is 4.79 Å². The van der Waals surface area contributed by atoms with Gasteiger partial charge in [0.1, 0.15) is 5.76 Å². The normalized spacial score (nSPS) is 17.6. The molecule has 3 heterocycles. The lowest BCUT2D eigenvalue weighted by molar-refractivity contribution is -0.132. The average molecular weight is 347 g/mol. The molecule has 0 radical (unpaired) electrons. The molecule has 0 saturated carbocycles. The minimum atomic E-state index is 0.0978. The minimum Gasteiger partial charge on any atom is -0.467 e. The first-order valence-electron chi connectivity index (χ1n) is 8.56. The average Bonchev–Trinajstić information content (AvgIpc) is 3.26. The van der Waals surface area contributed by atoms with Crippen LogP contribution in [0.3, 0.4) is 0 Å². The molecule has 1 aliphatic heterocycles. The Morgan fingerprint density at radius 2 is 2.12 bits per heavy atom. The lowest BCUT2D eigenvalue weighted by atomic mass is 10.2. The smallest absolute Gasteiger partial charge is 0.243 e. The highest BCUT2D eigenvalue weighted by Crippen LogP contribution is 2.20. The summed E-state index contributed by atoms with van der Waals surface area (Å²) in [6, 6.07) is 3.81. The molecule has 0 spiro atoms. The Kier molecular flexibility index (Phi) is 5.50. The molecule has 0 bridgehead atoms. The number of hydrogen-bond acceptors (Lipinski definition) is 7. The molecular formula is C17H25N5O3. The van der Waals surface area contributed by atoms with Gasteiger partial charge in [-0.25, -0.2) is 0 Å². The van der Waals surface area contributed by atoms with Crippen LogP contribution in [0.4, 0.5) is 0 Å². The van der Waals surface area contributed by atoms with Crippen LogP contribution in [0, 0.1) is 6.92 Å². The molecule has 1 atom stereocenters. The van der Waals surface area contributed by atoms with Crippen LogP contribution in [-0.2, 0) is 11.3 Å². The molecule has 136 valence electrons. The van der Waals surface area contributed by atoms with E-state index in [2.05, 4.69) is 26.9 Å². The van der Waals surface area contributed by atoms with Crippen molar-refractivity contribution in [2.45, 2.75) is 26.4 Å².